The maximum atomic E-state index is 13.9. The smallest absolute Gasteiger partial charge is 0.295 e. The van der Waals surface area contributed by atoms with Crippen LogP contribution in [-0.2, 0) is 0 Å². The number of benzene rings is 3. The number of rotatable bonds is 3. The van der Waals surface area contributed by atoms with Gasteiger partial charge in [-0.2, -0.15) is 0 Å². The van der Waals surface area contributed by atoms with Gasteiger partial charge in [0.05, 0.1) is 17.0 Å². The Kier molecular flexibility index (Phi) is 4.67. The molecule has 1 atom stereocenters. The highest BCUT2D eigenvalue weighted by atomic mass is 32.2. The Balaban J connectivity index is 1.79. The van der Waals surface area contributed by atoms with E-state index in [-0.39, 0.29) is 28.2 Å². The Morgan fingerprint density at radius 3 is 2.35 bits per heavy atom. The van der Waals surface area contributed by atoms with Gasteiger partial charge in [-0.05, 0) is 61.2 Å². The molecule has 4 nitrogen and oxygen atoms in total. The van der Waals surface area contributed by atoms with Gasteiger partial charge in [0.1, 0.15) is 11.4 Å². The van der Waals surface area contributed by atoms with Crippen molar-refractivity contribution < 1.29 is 13.6 Å². The number of anilines is 1. The van der Waals surface area contributed by atoms with Crippen molar-refractivity contribution in [1.29, 1.82) is 0 Å². The number of fused-ring (bicyclic) bond motifs is 2. The fourth-order valence-corrected chi connectivity index (χ4v) is 4.43. The first-order valence-electron chi connectivity index (χ1n) is 9.78. The van der Waals surface area contributed by atoms with Crippen molar-refractivity contribution in [2.45, 2.75) is 17.9 Å². The van der Waals surface area contributed by atoms with E-state index in [1.807, 2.05) is 61.7 Å². The van der Waals surface area contributed by atoms with E-state index < -0.39 is 17.3 Å². The summed E-state index contributed by atoms with van der Waals surface area (Å²) >= 11 is 1.61. The lowest BCUT2D eigenvalue weighted by Crippen LogP contribution is -2.29. The number of carbonyl (C=O) groups excluding carboxylic acids is 1. The lowest BCUT2D eigenvalue weighted by atomic mass is 9.98. The minimum Gasteiger partial charge on any atom is -0.450 e. The summed E-state index contributed by atoms with van der Waals surface area (Å²) in [5, 5.41) is 0.128. The maximum Gasteiger partial charge on any atom is 0.295 e. The summed E-state index contributed by atoms with van der Waals surface area (Å²) in [6.45, 7) is 1.97. The SMILES string of the molecule is CSc1ccc(C2c3c(oc4ccc(F)cc4c3=O)C(=O)N2c2ccc(C)cc2)cc1. The molecule has 1 aliphatic rings. The molecule has 0 saturated heterocycles. The van der Waals surface area contributed by atoms with Crippen LogP contribution in [0, 0.1) is 12.7 Å². The summed E-state index contributed by atoms with van der Waals surface area (Å²) in [5.74, 6) is -0.912. The van der Waals surface area contributed by atoms with E-state index in [1.54, 1.807) is 16.7 Å². The molecule has 0 bridgehead atoms. The van der Waals surface area contributed by atoms with Gasteiger partial charge in [0.2, 0.25) is 5.76 Å². The van der Waals surface area contributed by atoms with Crippen LogP contribution in [0.1, 0.15) is 33.3 Å². The van der Waals surface area contributed by atoms with Crippen molar-refractivity contribution in [3.8, 4) is 0 Å². The van der Waals surface area contributed by atoms with Gasteiger partial charge >= 0.3 is 0 Å². The highest BCUT2D eigenvalue weighted by Crippen LogP contribution is 2.41. The van der Waals surface area contributed by atoms with Gasteiger partial charge in [0.25, 0.3) is 5.91 Å². The van der Waals surface area contributed by atoms with Gasteiger partial charge in [0, 0.05) is 10.6 Å². The number of thioether (sulfide) groups is 1. The Morgan fingerprint density at radius 2 is 1.68 bits per heavy atom. The number of amides is 1. The molecular weight excluding hydrogens is 413 g/mol. The first-order valence-corrected chi connectivity index (χ1v) is 11.0. The maximum absolute atomic E-state index is 13.9. The Bertz CT molecular complexity index is 1380. The molecule has 5 rings (SSSR count). The monoisotopic (exact) mass is 431 g/mol. The standard InChI is InChI=1S/C25H18FNO3S/c1-14-3-8-17(9-4-14)27-22(15-5-10-18(31-2)11-6-15)21-23(28)19-13-16(26)7-12-20(19)30-24(21)25(27)29/h3-13,22H,1-2H3. The van der Waals surface area contributed by atoms with Crippen LogP contribution in [0.4, 0.5) is 10.1 Å². The van der Waals surface area contributed by atoms with E-state index in [2.05, 4.69) is 0 Å². The first kappa shape index (κ1) is 19.6. The summed E-state index contributed by atoms with van der Waals surface area (Å²) in [4.78, 5) is 29.6. The minimum absolute atomic E-state index is 0.00336. The molecule has 1 unspecified atom stereocenters. The van der Waals surface area contributed by atoms with Gasteiger partial charge in [-0.3, -0.25) is 14.5 Å². The summed E-state index contributed by atoms with van der Waals surface area (Å²) in [6, 6.07) is 18.4. The molecule has 1 aromatic heterocycles. The fraction of sp³-hybridized carbons (Fsp3) is 0.120. The molecular formula is C25H18FNO3S. The Hall–Kier alpha value is -3.38. The predicted octanol–water partition coefficient (Wildman–Crippen LogP) is 5.71. The third-order valence-electron chi connectivity index (χ3n) is 5.58. The normalized spacial score (nSPS) is 15.5. The molecule has 1 amide bonds. The molecule has 0 aliphatic carbocycles. The van der Waals surface area contributed by atoms with Crippen LogP contribution in [0.3, 0.4) is 0 Å². The predicted molar refractivity (Wildman–Crippen MR) is 120 cm³/mol. The van der Waals surface area contributed by atoms with Gasteiger partial charge in [-0.1, -0.05) is 29.8 Å². The lowest BCUT2D eigenvalue weighted by molar-refractivity contribution is 0.0971. The molecule has 2 heterocycles. The average molecular weight is 431 g/mol. The second kappa shape index (κ2) is 7.39. The van der Waals surface area contributed by atoms with E-state index in [4.69, 9.17) is 4.42 Å². The molecule has 0 radical (unpaired) electrons. The zero-order valence-corrected chi connectivity index (χ0v) is 17.7. The second-order valence-corrected chi connectivity index (χ2v) is 8.38. The molecule has 0 fully saturated rings. The highest BCUT2D eigenvalue weighted by Gasteiger charge is 2.43. The number of halogens is 1. The molecule has 0 saturated carbocycles. The largest absolute Gasteiger partial charge is 0.450 e. The zero-order valence-electron chi connectivity index (χ0n) is 16.9. The number of hydrogen-bond acceptors (Lipinski definition) is 4. The van der Waals surface area contributed by atoms with E-state index in [0.29, 0.717) is 5.69 Å². The summed E-state index contributed by atoms with van der Waals surface area (Å²) in [7, 11) is 0. The first-order chi connectivity index (χ1) is 15.0. The highest BCUT2D eigenvalue weighted by molar-refractivity contribution is 7.98. The second-order valence-electron chi connectivity index (χ2n) is 7.50. The van der Waals surface area contributed by atoms with E-state index in [9.17, 15) is 14.0 Å². The summed E-state index contributed by atoms with van der Waals surface area (Å²) < 4.78 is 19.7. The Morgan fingerprint density at radius 1 is 0.968 bits per heavy atom. The summed E-state index contributed by atoms with van der Waals surface area (Å²) in [6.07, 6.45) is 1.98. The minimum atomic E-state index is -0.662. The van der Waals surface area contributed by atoms with Crippen molar-refractivity contribution >= 4 is 34.3 Å². The zero-order chi connectivity index (χ0) is 21.7. The molecule has 3 aromatic carbocycles. The van der Waals surface area contributed by atoms with Crippen molar-refractivity contribution in [3.63, 3.8) is 0 Å². The van der Waals surface area contributed by atoms with Crippen LogP contribution in [0.25, 0.3) is 11.0 Å². The number of aryl methyl sites for hydroxylation is 1. The van der Waals surface area contributed by atoms with Gasteiger partial charge in [-0.15, -0.1) is 11.8 Å². The molecule has 0 N–H and O–H groups in total. The molecule has 0 spiro atoms. The van der Waals surface area contributed by atoms with Crippen LogP contribution in [0.2, 0.25) is 0 Å². The average Bonchev–Trinajstić information content (AvgIpc) is 3.07. The number of hydrogen-bond donors (Lipinski definition) is 0. The molecule has 4 aromatic rings. The van der Waals surface area contributed by atoms with Crippen molar-refractivity contribution in [2.24, 2.45) is 0 Å². The van der Waals surface area contributed by atoms with Crippen LogP contribution >= 0.6 is 11.8 Å². The third-order valence-corrected chi connectivity index (χ3v) is 6.32. The molecule has 6 heteroatoms. The van der Waals surface area contributed by atoms with Crippen LogP contribution in [-0.4, -0.2) is 12.2 Å². The number of carbonyl (C=O) groups is 1. The topological polar surface area (TPSA) is 50.5 Å². The van der Waals surface area contributed by atoms with Crippen LogP contribution in [0.5, 0.6) is 0 Å². The number of nitrogens with zero attached hydrogens (tertiary/aromatic N) is 1. The van der Waals surface area contributed by atoms with Gasteiger partial charge < -0.3 is 4.42 Å². The summed E-state index contributed by atoms with van der Waals surface area (Å²) in [5.41, 5.74) is 2.55. The van der Waals surface area contributed by atoms with Gasteiger partial charge in [-0.25, -0.2) is 4.39 Å². The van der Waals surface area contributed by atoms with Crippen molar-refractivity contribution in [3.05, 3.63) is 105 Å². The molecule has 1 aliphatic heterocycles. The van der Waals surface area contributed by atoms with Crippen LogP contribution < -0.4 is 10.3 Å². The van der Waals surface area contributed by atoms with E-state index >= 15 is 0 Å². The quantitative estimate of drug-likeness (QED) is 0.390. The van der Waals surface area contributed by atoms with Gasteiger partial charge in [0.15, 0.2) is 5.43 Å². The van der Waals surface area contributed by atoms with Crippen molar-refractivity contribution in [2.75, 3.05) is 11.2 Å². The third kappa shape index (κ3) is 3.15. The van der Waals surface area contributed by atoms with Crippen molar-refractivity contribution in [1.82, 2.24) is 0 Å². The fourth-order valence-electron chi connectivity index (χ4n) is 4.02. The van der Waals surface area contributed by atoms with Crippen LogP contribution in [0.15, 0.2) is 80.8 Å². The lowest BCUT2D eigenvalue weighted by Gasteiger charge is -2.25. The van der Waals surface area contributed by atoms with E-state index in [1.165, 1.54) is 12.1 Å². The molecule has 31 heavy (non-hydrogen) atoms. The Labute approximate surface area is 182 Å². The molecule has 154 valence electrons. The van der Waals surface area contributed by atoms with E-state index in [0.717, 1.165) is 22.1 Å².